The van der Waals surface area contributed by atoms with Crippen molar-refractivity contribution in [2.75, 3.05) is 0 Å². The van der Waals surface area contributed by atoms with Crippen molar-refractivity contribution in [2.45, 2.75) is 40.2 Å². The number of nitrogens with zero attached hydrogens (tertiary/aromatic N) is 3. The Kier molecular flexibility index (Phi) is 3.83. The summed E-state index contributed by atoms with van der Waals surface area (Å²) in [7, 11) is 0. The van der Waals surface area contributed by atoms with Crippen LogP contribution >= 0.6 is 0 Å². The maximum Gasteiger partial charge on any atom is 0.253 e. The molecule has 0 spiro atoms. The molecule has 0 aliphatic carbocycles. The molecule has 0 fully saturated rings. The van der Waals surface area contributed by atoms with Gasteiger partial charge in [-0.05, 0) is 33.6 Å². The van der Waals surface area contributed by atoms with Crippen molar-refractivity contribution >= 4 is 0 Å². The molecule has 0 radical (unpaired) electrons. The molecule has 0 saturated heterocycles. The first-order chi connectivity index (χ1) is 7.44. The van der Waals surface area contributed by atoms with Crippen molar-refractivity contribution in [1.29, 1.82) is 5.26 Å². The van der Waals surface area contributed by atoms with Gasteiger partial charge >= 0.3 is 0 Å². The van der Waals surface area contributed by atoms with Crippen LogP contribution in [0.25, 0.3) is 0 Å². The summed E-state index contributed by atoms with van der Waals surface area (Å²) >= 11 is 0. The van der Waals surface area contributed by atoms with Gasteiger partial charge in [0.2, 0.25) is 0 Å². The van der Waals surface area contributed by atoms with Crippen LogP contribution < -0.4 is 5.56 Å². The molecule has 0 atom stereocenters. The summed E-state index contributed by atoms with van der Waals surface area (Å²) in [6, 6.07) is 3.77. The van der Waals surface area contributed by atoms with E-state index in [1.807, 2.05) is 13.8 Å². The fraction of sp³-hybridized carbons (Fsp3) is 0.583. The zero-order valence-electron chi connectivity index (χ0n) is 10.0. The summed E-state index contributed by atoms with van der Waals surface area (Å²) in [4.78, 5) is 15.6. The smallest absolute Gasteiger partial charge is 0.253 e. The van der Waals surface area contributed by atoms with E-state index in [0.717, 1.165) is 18.5 Å². The predicted octanol–water partition coefficient (Wildman–Crippen LogP) is 1.88. The second-order valence-corrected chi connectivity index (χ2v) is 4.66. The van der Waals surface area contributed by atoms with E-state index in [-0.39, 0.29) is 11.0 Å². The standard InChI is InChI=1S/C12H17N3O/c1-10-7-11(16)15(9-14-10)6-4-5-12(2,3)8-13/h7,9H,4-6H2,1-3H3. The predicted molar refractivity (Wildman–Crippen MR) is 61.9 cm³/mol. The molecule has 0 amide bonds. The van der Waals surface area contributed by atoms with E-state index in [2.05, 4.69) is 11.1 Å². The minimum Gasteiger partial charge on any atom is -0.299 e. The van der Waals surface area contributed by atoms with Gasteiger partial charge in [-0.2, -0.15) is 5.26 Å². The molecule has 86 valence electrons. The number of hydrogen-bond acceptors (Lipinski definition) is 3. The Hall–Kier alpha value is -1.63. The lowest BCUT2D eigenvalue weighted by Gasteiger charge is -2.14. The lowest BCUT2D eigenvalue weighted by atomic mass is 9.90. The molecular weight excluding hydrogens is 202 g/mol. The molecule has 1 aromatic rings. The van der Waals surface area contributed by atoms with Gasteiger partial charge in [-0.25, -0.2) is 4.98 Å². The zero-order valence-corrected chi connectivity index (χ0v) is 10.0. The van der Waals surface area contributed by atoms with Crippen molar-refractivity contribution in [3.63, 3.8) is 0 Å². The van der Waals surface area contributed by atoms with Crippen LogP contribution in [0.5, 0.6) is 0 Å². The Morgan fingerprint density at radius 2 is 2.25 bits per heavy atom. The zero-order chi connectivity index (χ0) is 12.2. The van der Waals surface area contributed by atoms with E-state index in [9.17, 15) is 4.79 Å². The molecule has 0 aromatic carbocycles. The summed E-state index contributed by atoms with van der Waals surface area (Å²) in [5.41, 5.74) is 0.391. The molecule has 1 heterocycles. The summed E-state index contributed by atoms with van der Waals surface area (Å²) in [6.07, 6.45) is 3.16. The van der Waals surface area contributed by atoms with E-state index >= 15 is 0 Å². The molecule has 1 rings (SSSR count). The van der Waals surface area contributed by atoms with E-state index in [1.54, 1.807) is 17.8 Å². The van der Waals surface area contributed by atoms with Crippen molar-refractivity contribution in [2.24, 2.45) is 5.41 Å². The third-order valence-electron chi connectivity index (χ3n) is 2.52. The second kappa shape index (κ2) is 4.93. The number of nitriles is 1. The SMILES string of the molecule is Cc1cc(=O)n(CCCC(C)(C)C#N)cn1. The minimum atomic E-state index is -0.318. The van der Waals surface area contributed by atoms with Crippen molar-refractivity contribution < 1.29 is 0 Å². The first-order valence-corrected chi connectivity index (χ1v) is 5.39. The van der Waals surface area contributed by atoms with Gasteiger partial charge in [0, 0.05) is 18.3 Å². The molecule has 1 aromatic heterocycles. The van der Waals surface area contributed by atoms with Gasteiger partial charge in [-0.15, -0.1) is 0 Å². The largest absolute Gasteiger partial charge is 0.299 e. The molecule has 0 bridgehead atoms. The molecule has 4 nitrogen and oxygen atoms in total. The third-order valence-corrected chi connectivity index (χ3v) is 2.52. The Morgan fingerprint density at radius 3 is 2.81 bits per heavy atom. The lowest BCUT2D eigenvalue weighted by molar-refractivity contribution is 0.412. The molecule has 0 aliphatic rings. The highest BCUT2D eigenvalue weighted by molar-refractivity contribution is 4.96. The topological polar surface area (TPSA) is 58.7 Å². The van der Waals surface area contributed by atoms with Crippen LogP contribution in [0, 0.1) is 23.7 Å². The van der Waals surface area contributed by atoms with E-state index in [1.165, 1.54) is 6.07 Å². The van der Waals surface area contributed by atoms with Gasteiger partial charge in [-0.3, -0.25) is 9.36 Å². The van der Waals surface area contributed by atoms with Gasteiger partial charge in [0.05, 0.1) is 17.8 Å². The lowest BCUT2D eigenvalue weighted by Crippen LogP contribution is -2.21. The fourth-order valence-electron chi connectivity index (χ4n) is 1.43. The molecule has 0 saturated carbocycles. The van der Waals surface area contributed by atoms with Crippen LogP contribution in [0.4, 0.5) is 0 Å². The molecule has 16 heavy (non-hydrogen) atoms. The molecule has 0 N–H and O–H groups in total. The van der Waals surface area contributed by atoms with Crippen LogP contribution in [0.15, 0.2) is 17.2 Å². The van der Waals surface area contributed by atoms with Gasteiger partial charge in [0.15, 0.2) is 0 Å². The minimum absolute atomic E-state index is 0.0257. The van der Waals surface area contributed by atoms with Crippen LogP contribution in [0.3, 0.4) is 0 Å². The summed E-state index contributed by atoms with van der Waals surface area (Å²) in [5.74, 6) is 0. The number of rotatable bonds is 4. The quantitative estimate of drug-likeness (QED) is 0.776. The van der Waals surface area contributed by atoms with Crippen LogP contribution in [-0.4, -0.2) is 9.55 Å². The Balaban J connectivity index is 2.57. The average molecular weight is 219 g/mol. The van der Waals surface area contributed by atoms with E-state index in [0.29, 0.717) is 6.54 Å². The molecule has 4 heteroatoms. The Bertz CT molecular complexity index is 454. The summed E-state index contributed by atoms with van der Waals surface area (Å²) < 4.78 is 1.58. The second-order valence-electron chi connectivity index (χ2n) is 4.66. The maximum absolute atomic E-state index is 11.5. The normalized spacial score (nSPS) is 11.1. The molecular formula is C12H17N3O. The number of hydrogen-bond donors (Lipinski definition) is 0. The van der Waals surface area contributed by atoms with Crippen molar-refractivity contribution in [3.05, 3.63) is 28.4 Å². The first kappa shape index (κ1) is 12.4. The van der Waals surface area contributed by atoms with Crippen molar-refractivity contribution in [1.82, 2.24) is 9.55 Å². The number of aromatic nitrogens is 2. The van der Waals surface area contributed by atoms with Crippen LogP contribution in [0.2, 0.25) is 0 Å². The average Bonchev–Trinajstić information content (AvgIpc) is 2.21. The molecule has 0 aliphatic heterocycles. The monoisotopic (exact) mass is 219 g/mol. The van der Waals surface area contributed by atoms with Gasteiger partial charge in [0.1, 0.15) is 0 Å². The van der Waals surface area contributed by atoms with Crippen molar-refractivity contribution in [3.8, 4) is 6.07 Å². The first-order valence-electron chi connectivity index (χ1n) is 5.39. The third kappa shape index (κ3) is 3.50. The Labute approximate surface area is 95.6 Å². The number of aryl methyl sites for hydroxylation is 2. The fourth-order valence-corrected chi connectivity index (χ4v) is 1.43. The highest BCUT2D eigenvalue weighted by Crippen LogP contribution is 2.20. The summed E-state index contributed by atoms with van der Waals surface area (Å²) in [5, 5.41) is 8.85. The highest BCUT2D eigenvalue weighted by atomic mass is 16.1. The molecule has 0 unspecified atom stereocenters. The van der Waals surface area contributed by atoms with E-state index in [4.69, 9.17) is 5.26 Å². The highest BCUT2D eigenvalue weighted by Gasteiger charge is 2.15. The van der Waals surface area contributed by atoms with E-state index < -0.39 is 0 Å². The van der Waals surface area contributed by atoms with Crippen LogP contribution in [0.1, 0.15) is 32.4 Å². The van der Waals surface area contributed by atoms with Crippen LogP contribution in [-0.2, 0) is 6.54 Å². The van der Waals surface area contributed by atoms with Gasteiger partial charge in [-0.1, -0.05) is 0 Å². The summed E-state index contributed by atoms with van der Waals surface area (Å²) in [6.45, 7) is 6.23. The van der Waals surface area contributed by atoms with Gasteiger partial charge in [0.25, 0.3) is 5.56 Å². The maximum atomic E-state index is 11.5. The Morgan fingerprint density at radius 1 is 1.56 bits per heavy atom. The van der Waals surface area contributed by atoms with Gasteiger partial charge < -0.3 is 0 Å².